The molecule has 4 nitrogen and oxygen atoms in total. The van der Waals surface area contributed by atoms with E-state index >= 15 is 0 Å². The Morgan fingerprint density at radius 2 is 1.90 bits per heavy atom. The summed E-state index contributed by atoms with van der Waals surface area (Å²) in [5.74, 6) is 2.23. The molecule has 0 saturated heterocycles. The van der Waals surface area contributed by atoms with Crippen LogP contribution in [0.3, 0.4) is 0 Å². The molecule has 0 radical (unpaired) electrons. The number of hydrogen-bond donors (Lipinski definition) is 1. The van der Waals surface area contributed by atoms with E-state index in [2.05, 4.69) is 16.9 Å². The van der Waals surface area contributed by atoms with Crippen LogP contribution in [0.5, 0.6) is 5.75 Å². The highest BCUT2D eigenvalue weighted by Crippen LogP contribution is 2.31. The molecular formula is C15H19N3OS. The van der Waals surface area contributed by atoms with Crippen molar-refractivity contribution < 1.29 is 4.74 Å². The lowest BCUT2D eigenvalue weighted by molar-refractivity contribution is 0.414. The maximum Gasteiger partial charge on any atom is 0.132 e. The molecule has 0 fully saturated rings. The first-order valence-corrected chi connectivity index (χ1v) is 7.40. The molecule has 2 aromatic rings. The average Bonchev–Trinajstić information content (AvgIpc) is 2.45. The van der Waals surface area contributed by atoms with Crippen LogP contribution in [-0.2, 0) is 6.42 Å². The van der Waals surface area contributed by atoms with E-state index in [1.807, 2.05) is 31.2 Å². The monoisotopic (exact) mass is 289 g/mol. The number of nitrogen functional groups attached to an aromatic ring is 1. The Hall–Kier alpha value is -1.75. The summed E-state index contributed by atoms with van der Waals surface area (Å²) >= 11 is 1.60. The first kappa shape index (κ1) is 14.7. The zero-order valence-corrected chi connectivity index (χ0v) is 12.8. The molecule has 0 amide bonds. The molecule has 1 heterocycles. The Kier molecular flexibility index (Phi) is 4.84. The third-order valence-electron chi connectivity index (χ3n) is 2.93. The number of aromatic nitrogens is 2. The molecule has 0 atom stereocenters. The van der Waals surface area contributed by atoms with E-state index in [0.29, 0.717) is 5.82 Å². The first-order valence-electron chi connectivity index (χ1n) is 6.59. The summed E-state index contributed by atoms with van der Waals surface area (Å²) in [6, 6.07) is 7.91. The predicted octanol–water partition coefficient (Wildman–Crippen LogP) is 3.48. The molecular weight excluding hydrogens is 270 g/mol. The topological polar surface area (TPSA) is 61.0 Å². The molecule has 0 bridgehead atoms. The molecule has 0 aliphatic rings. The Morgan fingerprint density at radius 3 is 2.50 bits per heavy atom. The quantitative estimate of drug-likeness (QED) is 0.854. The van der Waals surface area contributed by atoms with E-state index in [-0.39, 0.29) is 0 Å². The van der Waals surface area contributed by atoms with Crippen LogP contribution in [0, 0.1) is 6.92 Å². The van der Waals surface area contributed by atoms with Crippen LogP contribution in [0.4, 0.5) is 5.82 Å². The van der Waals surface area contributed by atoms with E-state index in [0.717, 1.165) is 39.9 Å². The third-order valence-corrected chi connectivity index (χ3v) is 4.03. The molecule has 1 aromatic heterocycles. The predicted molar refractivity (Wildman–Crippen MR) is 82.3 cm³/mol. The van der Waals surface area contributed by atoms with Crippen molar-refractivity contribution >= 4 is 17.6 Å². The van der Waals surface area contributed by atoms with Gasteiger partial charge in [-0.2, -0.15) is 0 Å². The molecule has 0 saturated carbocycles. The smallest absolute Gasteiger partial charge is 0.132 e. The zero-order chi connectivity index (χ0) is 14.5. The summed E-state index contributed by atoms with van der Waals surface area (Å²) in [7, 11) is 1.66. The Morgan fingerprint density at radius 1 is 1.20 bits per heavy atom. The second kappa shape index (κ2) is 6.61. The third kappa shape index (κ3) is 3.42. The standard InChI is InChI=1S/C15H19N3OS/c1-4-5-13-17-14(16)10(2)15(18-13)20-12-8-6-11(19-3)7-9-12/h6-9H,4-5H2,1-3H3,(H2,16,17,18). The molecule has 106 valence electrons. The minimum absolute atomic E-state index is 0.569. The number of aryl methyl sites for hydroxylation is 1. The highest BCUT2D eigenvalue weighted by molar-refractivity contribution is 7.99. The van der Waals surface area contributed by atoms with E-state index in [9.17, 15) is 0 Å². The summed E-state index contributed by atoms with van der Waals surface area (Å²) < 4.78 is 5.16. The maximum absolute atomic E-state index is 5.97. The van der Waals surface area contributed by atoms with Gasteiger partial charge in [0, 0.05) is 16.9 Å². The van der Waals surface area contributed by atoms with Gasteiger partial charge in [-0.15, -0.1) is 0 Å². The molecule has 0 spiro atoms. The van der Waals surface area contributed by atoms with Crippen LogP contribution in [0.1, 0.15) is 24.7 Å². The molecule has 0 unspecified atom stereocenters. The van der Waals surface area contributed by atoms with Gasteiger partial charge in [0.2, 0.25) is 0 Å². The SMILES string of the molecule is CCCc1nc(N)c(C)c(Sc2ccc(OC)cc2)n1. The fraction of sp³-hybridized carbons (Fsp3) is 0.333. The van der Waals surface area contributed by atoms with Gasteiger partial charge in [0.1, 0.15) is 22.4 Å². The number of nitrogens with two attached hydrogens (primary N) is 1. The minimum atomic E-state index is 0.569. The molecule has 2 rings (SSSR count). The van der Waals surface area contributed by atoms with E-state index in [1.165, 1.54) is 0 Å². The molecule has 1 aromatic carbocycles. The van der Waals surface area contributed by atoms with Crippen LogP contribution in [-0.4, -0.2) is 17.1 Å². The van der Waals surface area contributed by atoms with Crippen LogP contribution >= 0.6 is 11.8 Å². The van der Waals surface area contributed by atoms with Crippen LogP contribution in [0.2, 0.25) is 0 Å². The fourth-order valence-corrected chi connectivity index (χ4v) is 2.65. The van der Waals surface area contributed by atoms with Gasteiger partial charge in [0.15, 0.2) is 0 Å². The van der Waals surface area contributed by atoms with Crippen molar-refractivity contribution in [3.63, 3.8) is 0 Å². The maximum atomic E-state index is 5.97. The summed E-state index contributed by atoms with van der Waals surface area (Å²) in [5, 5.41) is 0.922. The van der Waals surface area contributed by atoms with E-state index < -0.39 is 0 Å². The minimum Gasteiger partial charge on any atom is -0.497 e. The van der Waals surface area contributed by atoms with Crippen LogP contribution < -0.4 is 10.5 Å². The molecule has 20 heavy (non-hydrogen) atoms. The highest BCUT2D eigenvalue weighted by Gasteiger charge is 2.10. The molecule has 2 N–H and O–H groups in total. The second-order valence-electron chi connectivity index (χ2n) is 4.48. The number of anilines is 1. The largest absolute Gasteiger partial charge is 0.497 e. The molecule has 0 aliphatic carbocycles. The van der Waals surface area contributed by atoms with Gasteiger partial charge in [-0.05, 0) is 37.6 Å². The van der Waals surface area contributed by atoms with Crippen molar-refractivity contribution in [2.75, 3.05) is 12.8 Å². The number of methoxy groups -OCH3 is 1. The zero-order valence-electron chi connectivity index (χ0n) is 12.0. The lowest BCUT2D eigenvalue weighted by Gasteiger charge is -2.09. The summed E-state index contributed by atoms with van der Waals surface area (Å²) in [6.07, 6.45) is 1.86. The average molecular weight is 289 g/mol. The van der Waals surface area contributed by atoms with Crippen LogP contribution in [0.25, 0.3) is 0 Å². The van der Waals surface area contributed by atoms with Gasteiger partial charge in [-0.1, -0.05) is 18.7 Å². The normalized spacial score (nSPS) is 10.6. The fourth-order valence-electron chi connectivity index (χ4n) is 1.75. The van der Waals surface area contributed by atoms with Gasteiger partial charge in [0.25, 0.3) is 0 Å². The van der Waals surface area contributed by atoms with Crippen LogP contribution in [0.15, 0.2) is 34.2 Å². The summed E-state index contributed by atoms with van der Waals surface area (Å²) in [5.41, 5.74) is 6.90. The lowest BCUT2D eigenvalue weighted by Crippen LogP contribution is -2.04. The summed E-state index contributed by atoms with van der Waals surface area (Å²) in [6.45, 7) is 4.06. The van der Waals surface area contributed by atoms with Crippen molar-refractivity contribution in [3.05, 3.63) is 35.7 Å². The Bertz CT molecular complexity index is 584. The van der Waals surface area contributed by atoms with Gasteiger partial charge >= 0.3 is 0 Å². The molecule has 0 aliphatic heterocycles. The highest BCUT2D eigenvalue weighted by atomic mass is 32.2. The lowest BCUT2D eigenvalue weighted by atomic mass is 10.3. The van der Waals surface area contributed by atoms with Gasteiger partial charge in [-0.25, -0.2) is 9.97 Å². The number of nitrogens with zero attached hydrogens (tertiary/aromatic N) is 2. The number of rotatable bonds is 5. The van der Waals surface area contributed by atoms with Crippen molar-refractivity contribution in [3.8, 4) is 5.75 Å². The Balaban J connectivity index is 2.26. The van der Waals surface area contributed by atoms with Crippen molar-refractivity contribution in [2.45, 2.75) is 36.6 Å². The van der Waals surface area contributed by atoms with E-state index in [1.54, 1.807) is 18.9 Å². The van der Waals surface area contributed by atoms with E-state index in [4.69, 9.17) is 10.5 Å². The van der Waals surface area contributed by atoms with Gasteiger partial charge in [0.05, 0.1) is 7.11 Å². The van der Waals surface area contributed by atoms with Gasteiger partial charge in [-0.3, -0.25) is 0 Å². The van der Waals surface area contributed by atoms with Crippen molar-refractivity contribution in [1.82, 2.24) is 9.97 Å². The number of hydrogen-bond acceptors (Lipinski definition) is 5. The summed E-state index contributed by atoms with van der Waals surface area (Å²) in [4.78, 5) is 10.0. The van der Waals surface area contributed by atoms with Crippen molar-refractivity contribution in [2.24, 2.45) is 0 Å². The molecule has 5 heteroatoms. The van der Waals surface area contributed by atoms with Crippen molar-refractivity contribution in [1.29, 1.82) is 0 Å². The first-order chi connectivity index (χ1) is 9.63. The number of benzene rings is 1. The van der Waals surface area contributed by atoms with Gasteiger partial charge < -0.3 is 10.5 Å². The second-order valence-corrected chi connectivity index (χ2v) is 5.55. The Labute approximate surface area is 123 Å². The number of ether oxygens (including phenoxy) is 1.